The quantitative estimate of drug-likeness (QED) is 0.114. The van der Waals surface area contributed by atoms with E-state index < -0.39 is 71.5 Å². The average molecular weight is 663 g/mol. The van der Waals surface area contributed by atoms with Crippen molar-refractivity contribution in [3.63, 3.8) is 0 Å². The minimum Gasteiger partial charge on any atom is -0.481 e. The minimum atomic E-state index is -1.60. The number of benzene rings is 1. The van der Waals surface area contributed by atoms with E-state index in [9.17, 15) is 48.6 Å². The Hall–Kier alpha value is -4.11. The SMILES string of the molecule is CCC(=O)CCN1C(=O)CC(SC[C@H](CC(=O)[C@H](CC(=O)O)NC(=O)[C@@H](N)CNC(=O)[C@@H](CC)Cc2ccccc2)C(=O)O)C1=O. The summed E-state index contributed by atoms with van der Waals surface area (Å²) < 4.78 is 0. The Morgan fingerprint density at radius 2 is 1.67 bits per heavy atom. The molecule has 14 nitrogen and oxygen atoms in total. The average Bonchev–Trinajstić information content (AvgIpc) is 3.29. The van der Waals surface area contributed by atoms with Crippen LogP contribution in [0.4, 0.5) is 0 Å². The first kappa shape index (κ1) is 38.1. The fraction of sp³-hybridized carbons (Fsp3) is 0.548. The van der Waals surface area contributed by atoms with E-state index in [0.29, 0.717) is 12.8 Å². The van der Waals surface area contributed by atoms with E-state index in [0.717, 1.165) is 22.2 Å². The van der Waals surface area contributed by atoms with Crippen LogP contribution in [0.15, 0.2) is 30.3 Å². The summed E-state index contributed by atoms with van der Waals surface area (Å²) in [6.45, 7) is 3.18. The van der Waals surface area contributed by atoms with Crippen LogP contribution in [0.1, 0.15) is 57.9 Å². The van der Waals surface area contributed by atoms with Crippen LogP contribution >= 0.6 is 11.8 Å². The molecule has 1 aromatic rings. The van der Waals surface area contributed by atoms with Gasteiger partial charge in [0, 0.05) is 50.4 Å². The standard InChI is InChI=1S/C31H42N4O10S/c1-3-19(12-18-8-6-5-7-9-18)28(41)33-16-22(32)29(42)34-23(14-27(39)40)24(37)13-20(31(44)45)17-46-25-15-26(38)35(30(25)43)11-10-21(36)4-2/h5-9,19-20,22-23,25H,3-4,10-17,32H2,1-2H3,(H,33,41)(H,34,42)(H,39,40)(H,44,45)/t19-,20-,22-,23-,25?/m0/s1. The Bertz CT molecular complexity index is 1290. The van der Waals surface area contributed by atoms with Crippen LogP contribution in [0.2, 0.25) is 0 Å². The van der Waals surface area contributed by atoms with Gasteiger partial charge in [-0.15, -0.1) is 11.8 Å². The summed E-state index contributed by atoms with van der Waals surface area (Å²) in [5.74, 6) is -8.03. The minimum absolute atomic E-state index is 0.0256. The van der Waals surface area contributed by atoms with Gasteiger partial charge in [0.2, 0.25) is 23.6 Å². The summed E-state index contributed by atoms with van der Waals surface area (Å²) in [7, 11) is 0. The van der Waals surface area contributed by atoms with Gasteiger partial charge < -0.3 is 26.6 Å². The Kier molecular flexibility index (Phi) is 15.5. The van der Waals surface area contributed by atoms with Crippen LogP contribution in [0.5, 0.6) is 0 Å². The van der Waals surface area contributed by atoms with E-state index in [4.69, 9.17) is 5.73 Å². The molecule has 2 rings (SSSR count). The van der Waals surface area contributed by atoms with Gasteiger partial charge in [0.1, 0.15) is 11.8 Å². The molecule has 1 saturated heterocycles. The number of carboxylic acids is 2. The molecule has 0 bridgehead atoms. The van der Waals surface area contributed by atoms with Crippen molar-refractivity contribution < 1.29 is 48.6 Å². The van der Waals surface area contributed by atoms with E-state index in [1.54, 1.807) is 6.92 Å². The number of amides is 4. The molecule has 0 radical (unpaired) electrons. The van der Waals surface area contributed by atoms with Crippen molar-refractivity contribution in [2.45, 2.75) is 76.1 Å². The van der Waals surface area contributed by atoms with Crippen molar-refractivity contribution in [2.75, 3.05) is 18.8 Å². The molecule has 5 atom stereocenters. The lowest BCUT2D eigenvalue weighted by Gasteiger charge is -2.22. The number of Topliss-reactive ketones (excluding diaryl/α,β-unsaturated/α-hetero) is 2. The van der Waals surface area contributed by atoms with Gasteiger partial charge in [-0.25, -0.2) is 0 Å². The van der Waals surface area contributed by atoms with E-state index in [1.807, 2.05) is 37.3 Å². The fourth-order valence-electron chi connectivity index (χ4n) is 4.73. The van der Waals surface area contributed by atoms with Crippen molar-refractivity contribution in [2.24, 2.45) is 17.6 Å². The summed E-state index contributed by atoms with van der Waals surface area (Å²) in [6.07, 6.45) is -0.370. The highest BCUT2D eigenvalue weighted by molar-refractivity contribution is 8.00. The Morgan fingerprint density at radius 3 is 2.26 bits per heavy atom. The first-order chi connectivity index (χ1) is 21.8. The van der Waals surface area contributed by atoms with Gasteiger partial charge in [-0.05, 0) is 18.4 Å². The zero-order chi connectivity index (χ0) is 34.4. The number of hydrogen-bond donors (Lipinski definition) is 5. The fourth-order valence-corrected chi connectivity index (χ4v) is 5.99. The van der Waals surface area contributed by atoms with E-state index in [-0.39, 0.29) is 55.7 Å². The first-order valence-corrected chi connectivity index (χ1v) is 16.1. The number of aliphatic carboxylic acids is 2. The van der Waals surface area contributed by atoms with E-state index in [2.05, 4.69) is 10.6 Å². The number of carbonyl (C=O) groups excluding carboxylic acids is 6. The van der Waals surface area contributed by atoms with Crippen molar-refractivity contribution >= 4 is 58.9 Å². The number of carbonyl (C=O) groups is 8. The van der Waals surface area contributed by atoms with Crippen LogP contribution in [-0.4, -0.2) is 98.4 Å². The van der Waals surface area contributed by atoms with Gasteiger partial charge in [0.25, 0.3) is 0 Å². The molecule has 1 aliphatic rings. The van der Waals surface area contributed by atoms with Crippen molar-refractivity contribution in [3.8, 4) is 0 Å². The molecule has 1 unspecified atom stereocenters. The molecule has 0 aliphatic carbocycles. The van der Waals surface area contributed by atoms with Crippen LogP contribution in [-0.2, 0) is 44.8 Å². The smallest absolute Gasteiger partial charge is 0.307 e. The molecule has 46 heavy (non-hydrogen) atoms. The molecule has 0 spiro atoms. The number of rotatable bonds is 21. The molecule has 4 amide bonds. The lowest BCUT2D eigenvalue weighted by molar-refractivity contribution is -0.144. The van der Waals surface area contributed by atoms with Gasteiger partial charge in [-0.1, -0.05) is 44.2 Å². The van der Waals surface area contributed by atoms with Crippen LogP contribution in [0, 0.1) is 11.8 Å². The zero-order valence-corrected chi connectivity index (χ0v) is 26.8. The summed E-state index contributed by atoms with van der Waals surface area (Å²) in [5.41, 5.74) is 6.89. The third-order valence-electron chi connectivity index (χ3n) is 7.61. The highest BCUT2D eigenvalue weighted by Crippen LogP contribution is 2.28. The van der Waals surface area contributed by atoms with Gasteiger partial charge in [0.05, 0.1) is 23.6 Å². The summed E-state index contributed by atoms with van der Waals surface area (Å²) in [5, 5.41) is 23.0. The molecule has 1 fully saturated rings. The van der Waals surface area contributed by atoms with Gasteiger partial charge in [-0.3, -0.25) is 43.3 Å². The van der Waals surface area contributed by atoms with Crippen LogP contribution in [0.25, 0.3) is 0 Å². The highest BCUT2D eigenvalue weighted by Gasteiger charge is 2.40. The maximum absolute atomic E-state index is 13.0. The number of hydrogen-bond acceptors (Lipinski definition) is 10. The number of likely N-dealkylation sites (tertiary alicyclic amines) is 1. The molecule has 15 heteroatoms. The number of ketones is 2. The van der Waals surface area contributed by atoms with Crippen molar-refractivity contribution in [1.82, 2.24) is 15.5 Å². The largest absolute Gasteiger partial charge is 0.481 e. The van der Waals surface area contributed by atoms with Crippen molar-refractivity contribution in [3.05, 3.63) is 35.9 Å². The van der Waals surface area contributed by atoms with E-state index >= 15 is 0 Å². The second-order valence-electron chi connectivity index (χ2n) is 11.1. The topological polar surface area (TPSA) is 230 Å². The summed E-state index contributed by atoms with van der Waals surface area (Å²) >= 11 is 0.882. The molecular weight excluding hydrogens is 620 g/mol. The zero-order valence-electron chi connectivity index (χ0n) is 25.9. The highest BCUT2D eigenvalue weighted by atomic mass is 32.2. The summed E-state index contributed by atoms with van der Waals surface area (Å²) in [4.78, 5) is 99.5. The van der Waals surface area contributed by atoms with Gasteiger partial charge in [0.15, 0.2) is 5.78 Å². The van der Waals surface area contributed by atoms with Crippen LogP contribution < -0.4 is 16.4 Å². The maximum atomic E-state index is 13.0. The Balaban J connectivity index is 1.95. The lowest BCUT2D eigenvalue weighted by atomic mass is 9.96. The maximum Gasteiger partial charge on any atom is 0.307 e. The molecule has 6 N–H and O–H groups in total. The Morgan fingerprint density at radius 1 is 1.00 bits per heavy atom. The van der Waals surface area contributed by atoms with Crippen LogP contribution in [0.3, 0.4) is 0 Å². The first-order valence-electron chi connectivity index (χ1n) is 15.1. The summed E-state index contributed by atoms with van der Waals surface area (Å²) in [6, 6.07) is 6.45. The lowest BCUT2D eigenvalue weighted by Crippen LogP contribution is -2.53. The number of imide groups is 1. The van der Waals surface area contributed by atoms with Gasteiger partial charge >= 0.3 is 11.9 Å². The Labute approximate surface area is 271 Å². The normalized spacial score (nSPS) is 17.1. The van der Waals surface area contributed by atoms with Gasteiger partial charge in [-0.2, -0.15) is 0 Å². The number of nitrogens with one attached hydrogen (secondary N) is 2. The third kappa shape index (κ3) is 12.0. The van der Waals surface area contributed by atoms with Crippen molar-refractivity contribution in [1.29, 1.82) is 0 Å². The predicted molar refractivity (Wildman–Crippen MR) is 167 cm³/mol. The molecule has 0 saturated carbocycles. The third-order valence-corrected chi connectivity index (χ3v) is 8.98. The molecule has 252 valence electrons. The predicted octanol–water partition coefficient (Wildman–Crippen LogP) is 0.548. The molecule has 1 heterocycles. The number of nitrogens with zero attached hydrogens (tertiary/aromatic N) is 1. The number of thioether (sulfide) groups is 1. The number of carboxylic acid groups (broad SMARTS) is 2. The molecule has 1 aliphatic heterocycles. The molecule has 1 aromatic carbocycles. The second-order valence-corrected chi connectivity index (χ2v) is 12.3. The van der Waals surface area contributed by atoms with E-state index in [1.165, 1.54) is 0 Å². The molecular formula is C31H42N4O10S. The number of nitrogens with two attached hydrogens (primary N) is 1. The second kappa shape index (κ2) is 18.8. The monoisotopic (exact) mass is 662 g/mol. The molecule has 0 aromatic heterocycles.